The van der Waals surface area contributed by atoms with Gasteiger partial charge in [-0.1, -0.05) is 40.2 Å². The molecular formula is C31H44BrNO3S. The molecule has 1 heterocycles. The Balaban J connectivity index is 1.29. The van der Waals surface area contributed by atoms with Crippen LogP contribution in [0, 0.1) is 46.3 Å². The molecule has 4 nitrogen and oxygen atoms in total. The second-order valence-electron chi connectivity index (χ2n) is 13.5. The van der Waals surface area contributed by atoms with E-state index in [0.717, 1.165) is 35.9 Å². The first-order chi connectivity index (χ1) is 17.4. The molecule has 1 aromatic heterocycles. The molecule has 0 saturated heterocycles. The van der Waals surface area contributed by atoms with Crippen molar-refractivity contribution in [1.82, 2.24) is 5.32 Å². The lowest BCUT2D eigenvalue weighted by Crippen LogP contribution is -2.55. The van der Waals surface area contributed by atoms with Gasteiger partial charge in [0.2, 0.25) is 5.91 Å². The van der Waals surface area contributed by atoms with Crippen LogP contribution in [0.1, 0.15) is 96.9 Å². The van der Waals surface area contributed by atoms with Gasteiger partial charge in [0, 0.05) is 17.7 Å². The molecule has 0 bridgehead atoms. The van der Waals surface area contributed by atoms with Crippen molar-refractivity contribution in [3.63, 3.8) is 0 Å². The summed E-state index contributed by atoms with van der Waals surface area (Å²) in [6.45, 7) is 11.4. The molecule has 0 spiro atoms. The van der Waals surface area contributed by atoms with Gasteiger partial charge in [-0.3, -0.25) is 9.59 Å². The summed E-state index contributed by atoms with van der Waals surface area (Å²) in [7, 11) is 0. The third kappa shape index (κ3) is 4.82. The lowest BCUT2D eigenvalue weighted by molar-refractivity contribution is -0.128. The molecule has 0 aromatic carbocycles. The fraction of sp³-hybridized carbons (Fsp3) is 0.742. The molecule has 0 aliphatic heterocycles. The minimum Gasteiger partial charge on any atom is -0.392 e. The number of carbonyl (C=O) groups excluding carboxylic acids is 2. The third-order valence-corrected chi connectivity index (χ3v) is 12.8. The maximum atomic E-state index is 13.3. The number of fused-ring (bicyclic) bond motifs is 5. The second kappa shape index (κ2) is 10.2. The maximum Gasteiger partial charge on any atom is 0.220 e. The Morgan fingerprint density at radius 1 is 1.16 bits per heavy atom. The smallest absolute Gasteiger partial charge is 0.220 e. The zero-order valence-electron chi connectivity index (χ0n) is 23.1. The Bertz CT molecular complexity index is 1080. The number of hydrogen-bond donors (Lipinski definition) is 2. The van der Waals surface area contributed by atoms with Crippen molar-refractivity contribution in [2.24, 2.45) is 46.3 Å². The van der Waals surface area contributed by atoms with Gasteiger partial charge in [0.05, 0.1) is 15.9 Å². The number of thiophene rings is 1. The molecular weight excluding hydrogens is 546 g/mol. The van der Waals surface area contributed by atoms with E-state index in [9.17, 15) is 14.7 Å². The van der Waals surface area contributed by atoms with Gasteiger partial charge in [-0.05, 0) is 119 Å². The van der Waals surface area contributed by atoms with E-state index in [-0.39, 0.29) is 34.7 Å². The molecule has 5 rings (SSSR count). The van der Waals surface area contributed by atoms with Crippen LogP contribution in [0.25, 0.3) is 0 Å². The number of ketones is 1. The molecule has 204 valence electrons. The van der Waals surface area contributed by atoms with Crippen LogP contribution in [0.15, 0.2) is 27.6 Å². The van der Waals surface area contributed by atoms with Crippen LogP contribution in [0.3, 0.4) is 0 Å². The number of aliphatic hydroxyl groups excluding tert-OH is 1. The van der Waals surface area contributed by atoms with Gasteiger partial charge in [0.15, 0.2) is 5.78 Å². The Morgan fingerprint density at radius 2 is 1.92 bits per heavy atom. The quantitative estimate of drug-likeness (QED) is 0.361. The minimum atomic E-state index is -0.353. The van der Waals surface area contributed by atoms with Crippen molar-refractivity contribution in [1.29, 1.82) is 0 Å². The molecule has 5 unspecified atom stereocenters. The molecule has 3 fully saturated rings. The van der Waals surface area contributed by atoms with Crippen LogP contribution in [0.2, 0.25) is 0 Å². The lowest BCUT2D eigenvalue weighted by atomic mass is 9.45. The molecule has 37 heavy (non-hydrogen) atoms. The molecule has 1 amide bonds. The van der Waals surface area contributed by atoms with Crippen LogP contribution in [0.4, 0.5) is 0 Å². The van der Waals surface area contributed by atoms with E-state index in [1.807, 2.05) is 6.08 Å². The second-order valence-corrected chi connectivity index (χ2v) is 16.0. The normalized spacial score (nSPS) is 38.9. The predicted octanol–water partition coefficient (Wildman–Crippen LogP) is 7.47. The Labute approximate surface area is 235 Å². The third-order valence-electron chi connectivity index (χ3n) is 11.1. The molecule has 2 N–H and O–H groups in total. The summed E-state index contributed by atoms with van der Waals surface area (Å²) in [6, 6.07) is 4.22. The number of halogens is 1. The standard InChI is InChI=1S/C31H44BrNO3S/c1-17(2)29(25-8-9-26(32)37-25)33-27(36)14-18(3)21-6-7-22-28-23(11-13-31(21,22)5)30(4)12-10-20(34)15-19(30)16-24(28)35/h8-9,15,17-18,21-24,28-29,35H,6-7,10-14,16H2,1-5H3,(H,33,36)/t18-,21?,22+,23+,24-,28?,29?,30?,31?/m1/s1. The van der Waals surface area contributed by atoms with Crippen LogP contribution in [-0.2, 0) is 9.59 Å². The first kappa shape index (κ1) is 27.6. The lowest BCUT2D eigenvalue weighted by Gasteiger charge is -2.59. The van der Waals surface area contributed by atoms with Gasteiger partial charge in [0.25, 0.3) is 0 Å². The number of nitrogens with one attached hydrogen (secondary N) is 1. The zero-order valence-corrected chi connectivity index (χ0v) is 25.5. The molecule has 6 heteroatoms. The highest BCUT2D eigenvalue weighted by molar-refractivity contribution is 9.11. The SMILES string of the molecule is CC(C)C(NC(=O)C[C@@H](C)C1CC[C@H]2C3[C@H](O)CC4=CC(=O)CCC4(C)[C@H]3CCC12C)c1ccc(Br)s1. The summed E-state index contributed by atoms with van der Waals surface area (Å²) in [5.41, 5.74) is 1.43. The molecule has 9 atom stereocenters. The maximum absolute atomic E-state index is 13.3. The average molecular weight is 591 g/mol. The van der Waals surface area contributed by atoms with Crippen molar-refractivity contribution >= 4 is 39.0 Å². The van der Waals surface area contributed by atoms with Crippen molar-refractivity contribution < 1.29 is 14.7 Å². The summed E-state index contributed by atoms with van der Waals surface area (Å²) >= 11 is 5.26. The van der Waals surface area contributed by atoms with Gasteiger partial charge >= 0.3 is 0 Å². The van der Waals surface area contributed by atoms with Gasteiger partial charge < -0.3 is 10.4 Å². The summed E-state index contributed by atoms with van der Waals surface area (Å²) in [5, 5.41) is 14.8. The Kier molecular flexibility index (Phi) is 7.61. The van der Waals surface area contributed by atoms with E-state index in [0.29, 0.717) is 54.8 Å². The molecule has 4 aliphatic carbocycles. The van der Waals surface area contributed by atoms with Crippen LogP contribution in [-0.4, -0.2) is 22.9 Å². The number of hydrogen-bond acceptors (Lipinski definition) is 4. The number of amides is 1. The highest BCUT2D eigenvalue weighted by Crippen LogP contribution is 2.67. The largest absolute Gasteiger partial charge is 0.392 e. The predicted molar refractivity (Wildman–Crippen MR) is 153 cm³/mol. The molecule has 4 aliphatic rings. The van der Waals surface area contributed by atoms with Crippen molar-refractivity contribution in [3.8, 4) is 0 Å². The summed E-state index contributed by atoms with van der Waals surface area (Å²) in [5.74, 6) is 2.81. The molecule has 0 radical (unpaired) electrons. The van der Waals surface area contributed by atoms with Gasteiger partial charge in [-0.25, -0.2) is 0 Å². The van der Waals surface area contributed by atoms with Crippen molar-refractivity contribution in [2.45, 2.75) is 98.1 Å². The van der Waals surface area contributed by atoms with Crippen LogP contribution in [0.5, 0.6) is 0 Å². The zero-order chi connectivity index (χ0) is 26.7. The summed E-state index contributed by atoms with van der Waals surface area (Å²) < 4.78 is 1.09. The molecule has 1 aromatic rings. The number of rotatable bonds is 6. The monoisotopic (exact) mass is 589 g/mol. The molecule has 3 saturated carbocycles. The van der Waals surface area contributed by atoms with Crippen LogP contribution >= 0.6 is 27.3 Å². The van der Waals surface area contributed by atoms with E-state index < -0.39 is 0 Å². The van der Waals surface area contributed by atoms with E-state index in [4.69, 9.17) is 0 Å². The number of aliphatic hydroxyl groups is 1. The van der Waals surface area contributed by atoms with E-state index in [2.05, 4.69) is 68.0 Å². The highest BCUT2D eigenvalue weighted by atomic mass is 79.9. The number of carbonyl (C=O) groups is 2. The first-order valence-corrected chi connectivity index (χ1v) is 16.0. The minimum absolute atomic E-state index is 0.0427. The summed E-state index contributed by atoms with van der Waals surface area (Å²) in [6.07, 6.45) is 8.91. The highest BCUT2D eigenvalue weighted by Gasteiger charge is 2.61. The topological polar surface area (TPSA) is 66.4 Å². The van der Waals surface area contributed by atoms with E-state index in [1.165, 1.54) is 10.5 Å². The van der Waals surface area contributed by atoms with Gasteiger partial charge in [0.1, 0.15) is 0 Å². The first-order valence-electron chi connectivity index (χ1n) is 14.4. The van der Waals surface area contributed by atoms with Gasteiger partial charge in [-0.2, -0.15) is 0 Å². The fourth-order valence-electron chi connectivity index (χ4n) is 9.23. The van der Waals surface area contributed by atoms with Gasteiger partial charge in [-0.15, -0.1) is 11.3 Å². The van der Waals surface area contributed by atoms with E-state index in [1.54, 1.807) is 11.3 Å². The Hall–Kier alpha value is -0.980. The summed E-state index contributed by atoms with van der Waals surface area (Å²) in [4.78, 5) is 26.6. The van der Waals surface area contributed by atoms with Crippen molar-refractivity contribution in [3.05, 3.63) is 32.4 Å². The fourth-order valence-corrected chi connectivity index (χ4v) is 10.9. The average Bonchev–Trinajstić information content (AvgIpc) is 3.41. The van der Waals surface area contributed by atoms with Crippen LogP contribution < -0.4 is 5.32 Å². The van der Waals surface area contributed by atoms with Crippen molar-refractivity contribution in [2.75, 3.05) is 0 Å². The Morgan fingerprint density at radius 3 is 2.59 bits per heavy atom. The van der Waals surface area contributed by atoms with E-state index >= 15 is 0 Å².